The molecule has 0 aliphatic carbocycles. The molecule has 3 nitrogen and oxygen atoms in total. The number of aromatic amines is 1. The molecular weight excluding hydrogens is 262 g/mol. The zero-order valence-corrected chi connectivity index (χ0v) is 12.4. The van der Waals surface area contributed by atoms with Crippen molar-refractivity contribution in [2.75, 3.05) is 0 Å². The Bertz CT molecular complexity index is 842. The lowest BCUT2D eigenvalue weighted by molar-refractivity contribution is -0.388. The van der Waals surface area contributed by atoms with Crippen LogP contribution in [0.1, 0.15) is 26.7 Å². The van der Waals surface area contributed by atoms with Gasteiger partial charge in [0.2, 0.25) is 5.52 Å². The van der Waals surface area contributed by atoms with E-state index in [0.717, 1.165) is 16.6 Å². The quantitative estimate of drug-likeness (QED) is 0.684. The normalized spacial score (nSPS) is 11.8. The van der Waals surface area contributed by atoms with Gasteiger partial charge in [-0.25, -0.2) is 4.79 Å². The first kappa shape index (κ1) is 13.6. The molecule has 3 heteroatoms. The molecule has 0 aliphatic heterocycles. The molecule has 3 aromatic rings. The zero-order valence-electron chi connectivity index (χ0n) is 12.4. The van der Waals surface area contributed by atoms with Crippen molar-refractivity contribution in [1.82, 2.24) is 0 Å². The van der Waals surface area contributed by atoms with Gasteiger partial charge in [0, 0.05) is 6.07 Å². The van der Waals surface area contributed by atoms with Crippen LogP contribution in [-0.2, 0) is 5.41 Å². The molecule has 0 aliphatic rings. The summed E-state index contributed by atoms with van der Waals surface area (Å²) in [6.45, 7) is 6.03. The third-order valence-electron chi connectivity index (χ3n) is 3.47. The van der Waals surface area contributed by atoms with E-state index in [1.54, 1.807) is 0 Å². The third-order valence-corrected chi connectivity index (χ3v) is 3.47. The number of benzene rings is 2. The van der Waals surface area contributed by atoms with Gasteiger partial charge in [0.15, 0.2) is 0 Å². The molecule has 3 rings (SSSR count). The minimum absolute atomic E-state index is 0.240. The standard InChI is InChI=1S/C18H17NO2/c1-18(2,3)17-19-15-11-13(12-7-5-4-6-8-12)9-10-14(15)16(20)21-17/h4-11H,1-3H3/p+1. The summed E-state index contributed by atoms with van der Waals surface area (Å²) in [5, 5.41) is 0.572. The van der Waals surface area contributed by atoms with E-state index < -0.39 is 0 Å². The van der Waals surface area contributed by atoms with Gasteiger partial charge in [-0.2, -0.15) is 4.98 Å². The van der Waals surface area contributed by atoms with Crippen LogP contribution in [0.25, 0.3) is 22.0 Å². The maximum absolute atomic E-state index is 12.1. The molecule has 0 radical (unpaired) electrons. The topological polar surface area (TPSA) is 44.4 Å². The van der Waals surface area contributed by atoms with Crippen LogP contribution in [0.2, 0.25) is 0 Å². The van der Waals surface area contributed by atoms with Crippen molar-refractivity contribution < 1.29 is 9.40 Å². The molecule has 0 bridgehead atoms. The Hall–Kier alpha value is -2.42. The van der Waals surface area contributed by atoms with Crippen LogP contribution in [0, 0.1) is 0 Å². The fraction of sp³-hybridized carbons (Fsp3) is 0.222. The Kier molecular flexibility index (Phi) is 3.13. The smallest absolute Gasteiger partial charge is 0.354 e. The Morgan fingerprint density at radius 2 is 1.67 bits per heavy atom. The molecule has 0 unspecified atom stereocenters. The second kappa shape index (κ2) is 4.85. The van der Waals surface area contributed by atoms with E-state index in [-0.39, 0.29) is 11.0 Å². The van der Waals surface area contributed by atoms with Crippen molar-refractivity contribution in [1.29, 1.82) is 0 Å². The molecule has 0 fully saturated rings. The predicted octanol–water partition coefficient (Wildman–Crippen LogP) is 3.57. The lowest BCUT2D eigenvalue weighted by Gasteiger charge is -2.10. The first-order valence-electron chi connectivity index (χ1n) is 7.01. The first-order chi connectivity index (χ1) is 9.95. The molecule has 0 atom stereocenters. The number of nitrogens with one attached hydrogen (secondary N) is 1. The maximum atomic E-state index is 12.1. The van der Waals surface area contributed by atoms with E-state index in [4.69, 9.17) is 4.42 Å². The zero-order chi connectivity index (χ0) is 15.0. The summed E-state index contributed by atoms with van der Waals surface area (Å²) in [7, 11) is 0. The Labute approximate surface area is 123 Å². The van der Waals surface area contributed by atoms with Crippen LogP contribution < -0.4 is 10.6 Å². The summed E-state index contributed by atoms with van der Waals surface area (Å²) in [6.07, 6.45) is 0. The van der Waals surface area contributed by atoms with E-state index in [9.17, 15) is 4.79 Å². The van der Waals surface area contributed by atoms with Gasteiger partial charge in [-0.05, 0) is 38.0 Å². The summed E-state index contributed by atoms with van der Waals surface area (Å²) in [6, 6.07) is 15.9. The highest BCUT2D eigenvalue weighted by Gasteiger charge is 2.26. The van der Waals surface area contributed by atoms with Crippen LogP contribution in [0.5, 0.6) is 0 Å². The SMILES string of the molecule is CC(C)(C)c1[nH+]c2cc(-c3ccccc3)ccc2c(=O)o1. The Balaban J connectivity index is 2.23. The van der Waals surface area contributed by atoms with Gasteiger partial charge in [0.1, 0.15) is 5.39 Å². The summed E-state index contributed by atoms with van der Waals surface area (Å²) < 4.78 is 5.39. The summed E-state index contributed by atoms with van der Waals surface area (Å²) in [4.78, 5) is 15.4. The van der Waals surface area contributed by atoms with Crippen molar-refractivity contribution in [3.63, 3.8) is 0 Å². The second-order valence-corrected chi connectivity index (χ2v) is 6.22. The van der Waals surface area contributed by atoms with E-state index in [1.807, 2.05) is 57.2 Å². The highest BCUT2D eigenvalue weighted by molar-refractivity contribution is 5.80. The minimum Gasteiger partial charge on any atom is -0.370 e. The number of rotatable bonds is 1. The predicted molar refractivity (Wildman–Crippen MR) is 83.2 cm³/mol. The number of hydrogen-bond acceptors (Lipinski definition) is 2. The van der Waals surface area contributed by atoms with Crippen molar-refractivity contribution in [2.45, 2.75) is 26.2 Å². The highest BCUT2D eigenvalue weighted by Crippen LogP contribution is 2.22. The third kappa shape index (κ3) is 2.59. The van der Waals surface area contributed by atoms with Crippen LogP contribution in [-0.4, -0.2) is 0 Å². The highest BCUT2D eigenvalue weighted by atomic mass is 16.4. The lowest BCUT2D eigenvalue weighted by Crippen LogP contribution is -2.28. The average molecular weight is 280 g/mol. The first-order valence-corrected chi connectivity index (χ1v) is 7.01. The molecule has 0 amide bonds. The van der Waals surface area contributed by atoms with Gasteiger partial charge < -0.3 is 4.42 Å². The van der Waals surface area contributed by atoms with Crippen molar-refractivity contribution in [3.8, 4) is 11.1 Å². The number of hydrogen-bond donors (Lipinski definition) is 0. The largest absolute Gasteiger partial charge is 0.370 e. The Morgan fingerprint density at radius 1 is 0.952 bits per heavy atom. The van der Waals surface area contributed by atoms with Gasteiger partial charge in [0.05, 0.1) is 5.41 Å². The minimum atomic E-state index is -0.298. The molecule has 1 N–H and O–H groups in total. The monoisotopic (exact) mass is 280 g/mol. The van der Waals surface area contributed by atoms with E-state index in [2.05, 4.69) is 17.1 Å². The van der Waals surface area contributed by atoms with E-state index in [0.29, 0.717) is 11.3 Å². The maximum Gasteiger partial charge on any atom is 0.354 e. The van der Waals surface area contributed by atoms with Crippen molar-refractivity contribution >= 4 is 10.9 Å². The van der Waals surface area contributed by atoms with Crippen molar-refractivity contribution in [2.24, 2.45) is 0 Å². The van der Waals surface area contributed by atoms with E-state index >= 15 is 0 Å². The fourth-order valence-electron chi connectivity index (χ4n) is 2.27. The van der Waals surface area contributed by atoms with Crippen LogP contribution in [0.4, 0.5) is 0 Å². The van der Waals surface area contributed by atoms with Crippen LogP contribution >= 0.6 is 0 Å². The second-order valence-electron chi connectivity index (χ2n) is 6.22. The lowest BCUT2D eigenvalue weighted by atomic mass is 9.96. The average Bonchev–Trinajstić information content (AvgIpc) is 2.46. The molecule has 1 aromatic heterocycles. The van der Waals surface area contributed by atoms with Gasteiger partial charge >= 0.3 is 11.5 Å². The number of aromatic nitrogens is 1. The summed E-state index contributed by atoms with van der Waals surface area (Å²) >= 11 is 0. The summed E-state index contributed by atoms with van der Waals surface area (Å²) in [5.74, 6) is 0.588. The van der Waals surface area contributed by atoms with Gasteiger partial charge in [-0.15, -0.1) is 0 Å². The molecule has 21 heavy (non-hydrogen) atoms. The van der Waals surface area contributed by atoms with Gasteiger partial charge in [0.25, 0.3) is 0 Å². The number of H-pyrrole nitrogens is 1. The molecule has 106 valence electrons. The Morgan fingerprint density at radius 3 is 2.33 bits per heavy atom. The van der Waals surface area contributed by atoms with Gasteiger partial charge in [-0.3, -0.25) is 0 Å². The summed E-state index contributed by atoms with van der Waals surface area (Å²) in [5.41, 5.74) is 2.46. The molecular formula is C18H18NO2+. The molecule has 0 spiro atoms. The molecule has 2 aromatic carbocycles. The van der Waals surface area contributed by atoms with Crippen LogP contribution in [0.3, 0.4) is 0 Å². The molecule has 1 heterocycles. The molecule has 0 saturated heterocycles. The molecule has 0 saturated carbocycles. The number of fused-ring (bicyclic) bond motifs is 1. The van der Waals surface area contributed by atoms with Gasteiger partial charge in [-0.1, -0.05) is 36.4 Å². The fourth-order valence-corrected chi connectivity index (χ4v) is 2.27. The van der Waals surface area contributed by atoms with Crippen LogP contribution in [0.15, 0.2) is 57.7 Å². The van der Waals surface area contributed by atoms with Crippen molar-refractivity contribution in [3.05, 3.63) is 64.8 Å². The van der Waals surface area contributed by atoms with E-state index in [1.165, 1.54) is 0 Å².